The SMILES string of the molecule is COC(=O)CN1C(=O)/C(=C/c2cn(Cc3ccc([N+](=O)[O-])cc3)c3ccccc23)NC1=S. The lowest BCUT2D eigenvalue weighted by atomic mass is 10.1. The molecule has 0 atom stereocenters. The van der Waals surface area contributed by atoms with Crippen molar-refractivity contribution in [1.29, 1.82) is 0 Å². The molecule has 162 valence electrons. The van der Waals surface area contributed by atoms with E-state index in [1.54, 1.807) is 18.2 Å². The number of carbonyl (C=O) groups is 2. The molecule has 2 aromatic carbocycles. The molecule has 0 saturated carbocycles. The Bertz CT molecular complexity index is 1280. The zero-order valence-electron chi connectivity index (χ0n) is 17.0. The number of nitrogens with one attached hydrogen (secondary N) is 1. The van der Waals surface area contributed by atoms with E-state index in [-0.39, 0.29) is 23.0 Å². The van der Waals surface area contributed by atoms with Crippen molar-refractivity contribution in [2.45, 2.75) is 6.54 Å². The van der Waals surface area contributed by atoms with Gasteiger partial charge in [-0.2, -0.15) is 0 Å². The molecule has 10 heteroatoms. The van der Waals surface area contributed by atoms with E-state index in [9.17, 15) is 19.7 Å². The van der Waals surface area contributed by atoms with Crippen LogP contribution < -0.4 is 5.32 Å². The minimum atomic E-state index is -0.566. The van der Waals surface area contributed by atoms with Gasteiger partial charge in [-0.25, -0.2) is 0 Å². The van der Waals surface area contributed by atoms with Gasteiger partial charge in [0.05, 0.1) is 12.0 Å². The Morgan fingerprint density at radius 2 is 1.94 bits per heavy atom. The number of hydrogen-bond acceptors (Lipinski definition) is 6. The molecule has 1 aliphatic rings. The summed E-state index contributed by atoms with van der Waals surface area (Å²) in [6.07, 6.45) is 3.60. The van der Waals surface area contributed by atoms with Gasteiger partial charge in [0, 0.05) is 41.3 Å². The van der Waals surface area contributed by atoms with Crippen molar-refractivity contribution >= 4 is 51.9 Å². The van der Waals surface area contributed by atoms with Gasteiger partial charge >= 0.3 is 5.97 Å². The molecule has 4 rings (SSSR count). The van der Waals surface area contributed by atoms with Crippen LogP contribution in [0.5, 0.6) is 0 Å². The lowest BCUT2D eigenvalue weighted by Gasteiger charge is -2.11. The Labute approximate surface area is 188 Å². The van der Waals surface area contributed by atoms with Crippen molar-refractivity contribution < 1.29 is 19.2 Å². The number of nitrogens with zero attached hydrogens (tertiary/aromatic N) is 3. The first kappa shape index (κ1) is 21.2. The van der Waals surface area contributed by atoms with Crippen LogP contribution in [0.4, 0.5) is 5.69 Å². The van der Waals surface area contributed by atoms with E-state index in [0.29, 0.717) is 6.54 Å². The van der Waals surface area contributed by atoms with Gasteiger partial charge < -0.3 is 14.6 Å². The highest BCUT2D eigenvalue weighted by Gasteiger charge is 2.32. The summed E-state index contributed by atoms with van der Waals surface area (Å²) >= 11 is 5.19. The van der Waals surface area contributed by atoms with E-state index in [1.165, 1.54) is 19.2 Å². The first-order valence-corrected chi connectivity index (χ1v) is 10.0. The van der Waals surface area contributed by atoms with Crippen LogP contribution in [0.3, 0.4) is 0 Å². The Morgan fingerprint density at radius 3 is 2.62 bits per heavy atom. The number of nitro groups is 1. The van der Waals surface area contributed by atoms with E-state index in [2.05, 4.69) is 10.1 Å². The number of aromatic nitrogens is 1. The molecule has 1 fully saturated rings. The lowest BCUT2D eigenvalue weighted by molar-refractivity contribution is -0.384. The lowest BCUT2D eigenvalue weighted by Crippen LogP contribution is -2.35. The number of hydrogen-bond donors (Lipinski definition) is 1. The van der Waals surface area contributed by atoms with Gasteiger partial charge in [-0.1, -0.05) is 30.3 Å². The highest BCUT2D eigenvalue weighted by Crippen LogP contribution is 2.26. The van der Waals surface area contributed by atoms with Gasteiger partial charge in [-0.3, -0.25) is 24.6 Å². The average molecular weight is 450 g/mol. The van der Waals surface area contributed by atoms with Crippen molar-refractivity contribution in [3.63, 3.8) is 0 Å². The summed E-state index contributed by atoms with van der Waals surface area (Å²) < 4.78 is 6.63. The summed E-state index contributed by atoms with van der Waals surface area (Å²) in [5.41, 5.74) is 2.93. The summed E-state index contributed by atoms with van der Waals surface area (Å²) in [6, 6.07) is 14.1. The number of amides is 1. The standard InChI is InChI=1S/C22H18N4O5S/c1-31-20(27)13-25-21(28)18(23-22(25)32)10-15-12-24(19-5-3-2-4-17(15)19)11-14-6-8-16(9-7-14)26(29)30/h2-10,12H,11,13H2,1H3,(H,23,32)/b18-10-. The Kier molecular flexibility index (Phi) is 5.69. The number of non-ortho nitro benzene ring substituents is 1. The number of benzene rings is 2. The fourth-order valence-corrected chi connectivity index (χ4v) is 3.76. The molecule has 9 nitrogen and oxygen atoms in total. The van der Waals surface area contributed by atoms with Gasteiger partial charge in [0.1, 0.15) is 12.2 Å². The van der Waals surface area contributed by atoms with Crippen LogP contribution in [0.2, 0.25) is 0 Å². The van der Waals surface area contributed by atoms with Crippen molar-refractivity contribution in [3.8, 4) is 0 Å². The van der Waals surface area contributed by atoms with E-state index in [1.807, 2.05) is 35.0 Å². The maximum absolute atomic E-state index is 12.7. The van der Waals surface area contributed by atoms with E-state index >= 15 is 0 Å². The third-order valence-electron chi connectivity index (χ3n) is 5.10. The topological polar surface area (TPSA) is 107 Å². The number of rotatable bonds is 6. The maximum atomic E-state index is 12.7. The molecule has 0 spiro atoms. The minimum absolute atomic E-state index is 0.0369. The second-order valence-electron chi connectivity index (χ2n) is 7.11. The average Bonchev–Trinajstić information content (AvgIpc) is 3.26. The zero-order chi connectivity index (χ0) is 22.8. The predicted molar refractivity (Wildman–Crippen MR) is 122 cm³/mol. The van der Waals surface area contributed by atoms with Crippen LogP contribution in [-0.2, 0) is 20.9 Å². The van der Waals surface area contributed by atoms with Gasteiger partial charge in [-0.15, -0.1) is 0 Å². The first-order valence-electron chi connectivity index (χ1n) is 9.60. The quantitative estimate of drug-likeness (QED) is 0.202. The Morgan fingerprint density at radius 1 is 1.22 bits per heavy atom. The summed E-state index contributed by atoms with van der Waals surface area (Å²) in [4.78, 5) is 35.9. The van der Waals surface area contributed by atoms with Gasteiger partial charge in [-0.05, 0) is 29.9 Å². The monoisotopic (exact) mass is 450 g/mol. The highest BCUT2D eigenvalue weighted by atomic mass is 32.1. The van der Waals surface area contributed by atoms with Gasteiger partial charge in [0.2, 0.25) is 0 Å². The van der Waals surface area contributed by atoms with E-state index < -0.39 is 16.8 Å². The van der Waals surface area contributed by atoms with Gasteiger partial charge in [0.25, 0.3) is 11.6 Å². The predicted octanol–water partition coefficient (Wildman–Crippen LogP) is 2.83. The van der Waals surface area contributed by atoms with E-state index in [4.69, 9.17) is 12.2 Å². The molecule has 0 bridgehead atoms. The third kappa shape index (κ3) is 4.08. The van der Waals surface area contributed by atoms with Crippen molar-refractivity contribution in [2.24, 2.45) is 0 Å². The number of esters is 1. The molecule has 0 unspecified atom stereocenters. The van der Waals surface area contributed by atoms with Crippen LogP contribution in [0.25, 0.3) is 17.0 Å². The molecule has 1 aliphatic heterocycles. The summed E-state index contributed by atoms with van der Waals surface area (Å²) in [7, 11) is 1.25. The molecule has 2 heterocycles. The second-order valence-corrected chi connectivity index (χ2v) is 7.50. The molecule has 1 saturated heterocycles. The van der Waals surface area contributed by atoms with Crippen molar-refractivity contribution in [1.82, 2.24) is 14.8 Å². The second kappa shape index (κ2) is 8.60. The number of ether oxygens (including phenoxy) is 1. The largest absolute Gasteiger partial charge is 0.468 e. The first-order chi connectivity index (χ1) is 15.4. The summed E-state index contributed by atoms with van der Waals surface area (Å²) in [5, 5.41) is 14.8. The number of para-hydroxylation sites is 1. The molecule has 1 amide bonds. The number of carbonyl (C=O) groups excluding carboxylic acids is 2. The Balaban J connectivity index is 1.66. The Hall–Kier alpha value is -4.05. The number of thiocarbonyl (C=S) groups is 1. The third-order valence-corrected chi connectivity index (χ3v) is 5.42. The van der Waals surface area contributed by atoms with Crippen LogP contribution >= 0.6 is 12.2 Å². The van der Waals surface area contributed by atoms with Crippen molar-refractivity contribution in [3.05, 3.63) is 81.7 Å². The number of fused-ring (bicyclic) bond motifs is 1. The fraction of sp³-hybridized carbons (Fsp3) is 0.136. The molecule has 0 aliphatic carbocycles. The normalized spacial score (nSPS) is 14.8. The highest BCUT2D eigenvalue weighted by molar-refractivity contribution is 7.80. The van der Waals surface area contributed by atoms with Gasteiger partial charge in [0.15, 0.2) is 5.11 Å². The molecule has 1 aromatic heterocycles. The van der Waals surface area contributed by atoms with Crippen LogP contribution in [0, 0.1) is 10.1 Å². The molecule has 3 aromatic rings. The molecule has 32 heavy (non-hydrogen) atoms. The molecular weight excluding hydrogens is 432 g/mol. The minimum Gasteiger partial charge on any atom is -0.468 e. The van der Waals surface area contributed by atoms with Crippen LogP contribution in [0.15, 0.2) is 60.4 Å². The molecule has 0 radical (unpaired) electrons. The zero-order valence-corrected chi connectivity index (χ0v) is 17.8. The number of nitro benzene ring substituents is 1. The number of methoxy groups -OCH3 is 1. The molecular formula is C22H18N4O5S. The summed E-state index contributed by atoms with van der Waals surface area (Å²) in [5.74, 6) is -0.976. The van der Waals surface area contributed by atoms with E-state index in [0.717, 1.165) is 26.9 Å². The fourth-order valence-electron chi connectivity index (χ4n) is 3.51. The van der Waals surface area contributed by atoms with Crippen LogP contribution in [0.1, 0.15) is 11.1 Å². The molecule has 1 N–H and O–H groups in total. The smallest absolute Gasteiger partial charge is 0.325 e. The maximum Gasteiger partial charge on any atom is 0.325 e. The summed E-state index contributed by atoms with van der Waals surface area (Å²) in [6.45, 7) is 0.232. The van der Waals surface area contributed by atoms with Crippen LogP contribution in [-0.4, -0.2) is 45.0 Å². The van der Waals surface area contributed by atoms with Crippen molar-refractivity contribution in [2.75, 3.05) is 13.7 Å².